The van der Waals surface area contributed by atoms with Crippen molar-refractivity contribution in [2.24, 2.45) is 29.6 Å². The fourth-order valence-electron chi connectivity index (χ4n) is 4.90. The summed E-state index contributed by atoms with van der Waals surface area (Å²) in [5.41, 5.74) is 0.591. The molecule has 2 bridgehead atoms. The minimum atomic E-state index is 0.201. The van der Waals surface area contributed by atoms with Crippen LogP contribution in [0.2, 0.25) is 5.02 Å². The Balaban J connectivity index is 1.64. The SMILES string of the molecule is COc1cc(Cl)c(C(=O)C2C3C4CCC(C4)C23)cc1OC. The van der Waals surface area contributed by atoms with Crippen LogP contribution in [0.3, 0.4) is 0 Å². The lowest BCUT2D eigenvalue weighted by atomic mass is 9.96. The van der Waals surface area contributed by atoms with Gasteiger partial charge in [-0.15, -0.1) is 0 Å². The molecule has 4 heteroatoms. The third-order valence-corrected chi connectivity index (χ3v) is 6.09. The number of hydrogen-bond donors (Lipinski definition) is 0. The monoisotopic (exact) mass is 306 g/mol. The Morgan fingerprint density at radius 2 is 1.67 bits per heavy atom. The molecule has 4 atom stereocenters. The topological polar surface area (TPSA) is 35.5 Å². The first-order valence-electron chi connectivity index (χ1n) is 7.61. The van der Waals surface area contributed by atoms with Crippen molar-refractivity contribution >= 4 is 17.4 Å². The maximum Gasteiger partial charge on any atom is 0.168 e. The lowest BCUT2D eigenvalue weighted by molar-refractivity contribution is 0.0944. The highest BCUT2D eigenvalue weighted by Crippen LogP contribution is 2.70. The van der Waals surface area contributed by atoms with Crippen LogP contribution in [0.15, 0.2) is 12.1 Å². The van der Waals surface area contributed by atoms with Gasteiger partial charge in [0.15, 0.2) is 17.3 Å². The van der Waals surface area contributed by atoms with Gasteiger partial charge in [-0.3, -0.25) is 4.79 Å². The lowest BCUT2D eigenvalue weighted by Crippen LogP contribution is -2.11. The molecular weight excluding hydrogens is 288 g/mol. The molecule has 21 heavy (non-hydrogen) atoms. The Hall–Kier alpha value is -1.22. The Morgan fingerprint density at radius 3 is 2.24 bits per heavy atom. The van der Waals surface area contributed by atoms with Gasteiger partial charge < -0.3 is 9.47 Å². The molecule has 112 valence electrons. The van der Waals surface area contributed by atoms with E-state index in [1.807, 2.05) is 0 Å². The summed E-state index contributed by atoms with van der Waals surface area (Å²) in [5.74, 6) is 4.36. The largest absolute Gasteiger partial charge is 0.493 e. The molecule has 4 rings (SSSR count). The number of halogens is 1. The van der Waals surface area contributed by atoms with E-state index in [9.17, 15) is 4.79 Å². The molecule has 3 nitrogen and oxygen atoms in total. The number of ether oxygens (including phenoxy) is 2. The molecular formula is C17H19ClO3. The Bertz CT molecular complexity index is 596. The summed E-state index contributed by atoms with van der Waals surface area (Å²) in [7, 11) is 3.14. The maximum atomic E-state index is 12.8. The molecule has 1 aromatic carbocycles. The first kappa shape index (κ1) is 13.4. The molecule has 0 amide bonds. The van der Waals surface area contributed by atoms with E-state index in [4.69, 9.17) is 21.1 Å². The Morgan fingerprint density at radius 1 is 1.10 bits per heavy atom. The number of methoxy groups -OCH3 is 2. The highest BCUT2D eigenvalue weighted by molar-refractivity contribution is 6.34. The number of hydrogen-bond acceptors (Lipinski definition) is 3. The molecule has 0 saturated heterocycles. The zero-order chi connectivity index (χ0) is 14.7. The van der Waals surface area contributed by atoms with E-state index in [-0.39, 0.29) is 11.7 Å². The van der Waals surface area contributed by atoms with Crippen molar-refractivity contribution in [2.45, 2.75) is 19.3 Å². The molecule has 3 aliphatic carbocycles. The Labute approximate surface area is 129 Å². The van der Waals surface area contributed by atoms with Crippen molar-refractivity contribution in [1.82, 2.24) is 0 Å². The van der Waals surface area contributed by atoms with Crippen molar-refractivity contribution in [1.29, 1.82) is 0 Å². The minimum absolute atomic E-state index is 0.201. The molecule has 0 heterocycles. The molecule has 0 radical (unpaired) electrons. The van der Waals surface area contributed by atoms with E-state index in [0.29, 0.717) is 33.9 Å². The number of fused-ring (bicyclic) bond motifs is 5. The lowest BCUT2D eigenvalue weighted by Gasteiger charge is -2.13. The van der Waals surface area contributed by atoms with Crippen LogP contribution in [-0.4, -0.2) is 20.0 Å². The van der Waals surface area contributed by atoms with Crippen molar-refractivity contribution < 1.29 is 14.3 Å². The third kappa shape index (κ3) is 1.83. The molecule has 1 aromatic rings. The van der Waals surface area contributed by atoms with Crippen LogP contribution in [0.25, 0.3) is 0 Å². The highest BCUT2D eigenvalue weighted by Gasteiger charge is 2.67. The summed E-state index contributed by atoms with van der Waals surface area (Å²) in [4.78, 5) is 12.8. The van der Waals surface area contributed by atoms with Gasteiger partial charge in [-0.05, 0) is 49.0 Å². The predicted molar refractivity (Wildman–Crippen MR) is 80.2 cm³/mol. The van der Waals surface area contributed by atoms with Crippen LogP contribution in [0.4, 0.5) is 0 Å². The van der Waals surface area contributed by atoms with Crippen LogP contribution in [0, 0.1) is 29.6 Å². The zero-order valence-corrected chi connectivity index (χ0v) is 13.0. The van der Waals surface area contributed by atoms with Crippen molar-refractivity contribution in [3.05, 3.63) is 22.7 Å². The number of ketones is 1. The van der Waals surface area contributed by atoms with Gasteiger partial charge in [0.25, 0.3) is 0 Å². The van der Waals surface area contributed by atoms with Gasteiger partial charge in [0, 0.05) is 17.5 Å². The molecule has 0 aliphatic heterocycles. The fraction of sp³-hybridized carbons (Fsp3) is 0.588. The average molecular weight is 307 g/mol. The van der Waals surface area contributed by atoms with E-state index in [0.717, 1.165) is 11.8 Å². The quantitative estimate of drug-likeness (QED) is 0.793. The third-order valence-electron chi connectivity index (χ3n) is 5.78. The minimum Gasteiger partial charge on any atom is -0.493 e. The first-order chi connectivity index (χ1) is 10.2. The summed E-state index contributed by atoms with van der Waals surface area (Å²) in [6.07, 6.45) is 3.98. The van der Waals surface area contributed by atoms with Gasteiger partial charge in [0.05, 0.1) is 19.2 Å². The maximum absolute atomic E-state index is 12.8. The van der Waals surface area contributed by atoms with Crippen LogP contribution < -0.4 is 9.47 Å². The summed E-state index contributed by atoms with van der Waals surface area (Å²) in [6.45, 7) is 0. The average Bonchev–Trinajstić information content (AvgIpc) is 2.93. The second-order valence-electron chi connectivity index (χ2n) is 6.56. The number of carbonyl (C=O) groups excluding carboxylic acids is 1. The van der Waals surface area contributed by atoms with Crippen LogP contribution in [-0.2, 0) is 0 Å². The first-order valence-corrected chi connectivity index (χ1v) is 7.99. The number of benzene rings is 1. The molecule has 0 aromatic heterocycles. The van der Waals surface area contributed by atoms with Crippen molar-refractivity contribution in [3.63, 3.8) is 0 Å². The smallest absolute Gasteiger partial charge is 0.168 e. The van der Waals surface area contributed by atoms with Crippen molar-refractivity contribution in [3.8, 4) is 11.5 Å². The van der Waals surface area contributed by atoms with Gasteiger partial charge in [0.2, 0.25) is 0 Å². The molecule has 0 N–H and O–H groups in total. The van der Waals surface area contributed by atoms with Gasteiger partial charge >= 0.3 is 0 Å². The second kappa shape index (κ2) is 4.64. The highest BCUT2D eigenvalue weighted by atomic mass is 35.5. The summed E-state index contributed by atoms with van der Waals surface area (Å²) in [6, 6.07) is 3.42. The molecule has 3 aliphatic rings. The van der Waals surface area contributed by atoms with Crippen molar-refractivity contribution in [2.75, 3.05) is 14.2 Å². The molecule has 3 fully saturated rings. The number of rotatable bonds is 4. The summed E-state index contributed by atoms with van der Waals surface area (Å²) >= 11 is 6.29. The molecule has 0 spiro atoms. The summed E-state index contributed by atoms with van der Waals surface area (Å²) < 4.78 is 10.5. The summed E-state index contributed by atoms with van der Waals surface area (Å²) in [5, 5.41) is 0.468. The second-order valence-corrected chi connectivity index (χ2v) is 6.97. The predicted octanol–water partition coefficient (Wildman–Crippen LogP) is 3.83. The van der Waals surface area contributed by atoms with E-state index in [2.05, 4.69) is 0 Å². The normalized spacial score (nSPS) is 35.5. The zero-order valence-electron chi connectivity index (χ0n) is 12.3. The van der Waals surface area contributed by atoms with Gasteiger partial charge in [-0.2, -0.15) is 0 Å². The van der Waals surface area contributed by atoms with Gasteiger partial charge in [0.1, 0.15) is 0 Å². The van der Waals surface area contributed by atoms with Crippen LogP contribution in [0.5, 0.6) is 11.5 Å². The fourth-order valence-corrected chi connectivity index (χ4v) is 5.14. The van der Waals surface area contributed by atoms with Crippen LogP contribution in [0.1, 0.15) is 29.6 Å². The van der Waals surface area contributed by atoms with E-state index in [1.54, 1.807) is 26.4 Å². The van der Waals surface area contributed by atoms with E-state index < -0.39 is 0 Å². The number of carbonyl (C=O) groups is 1. The molecule has 4 unspecified atom stereocenters. The van der Waals surface area contributed by atoms with Crippen LogP contribution >= 0.6 is 11.6 Å². The van der Waals surface area contributed by atoms with E-state index >= 15 is 0 Å². The van der Waals surface area contributed by atoms with Gasteiger partial charge in [-0.25, -0.2) is 0 Å². The Kier molecular flexibility index (Phi) is 2.97. The van der Waals surface area contributed by atoms with Gasteiger partial charge in [-0.1, -0.05) is 11.6 Å². The van der Waals surface area contributed by atoms with E-state index in [1.165, 1.54) is 19.3 Å². The number of Topliss-reactive ketones (excluding diaryl/α,β-unsaturated/α-hetero) is 1. The standard InChI is InChI=1S/C17H19ClO3/c1-20-12-6-10(11(18)7-13(12)21-2)17(19)16-14-8-3-4-9(5-8)15(14)16/h6-9,14-16H,3-5H2,1-2H3. The molecule has 3 saturated carbocycles.